The summed E-state index contributed by atoms with van der Waals surface area (Å²) in [5.41, 5.74) is 1.93. The number of phenolic OH excluding ortho intramolecular Hbond substituents is 1. The van der Waals surface area contributed by atoms with Gasteiger partial charge in [-0.05, 0) is 58.6 Å². The van der Waals surface area contributed by atoms with E-state index in [1.54, 1.807) is 25.1 Å². The highest BCUT2D eigenvalue weighted by atomic mass is 16.3. The van der Waals surface area contributed by atoms with Gasteiger partial charge in [0, 0.05) is 11.5 Å². The number of nitrogens with zero attached hydrogens (tertiary/aromatic N) is 2. The second-order valence-electron chi connectivity index (χ2n) is 10.2. The monoisotopic (exact) mass is 514 g/mol. The second kappa shape index (κ2) is 8.98. The summed E-state index contributed by atoms with van der Waals surface area (Å²) in [6.45, 7) is 0.0398. The van der Waals surface area contributed by atoms with Crippen LogP contribution in [0.4, 0.5) is 5.69 Å². The fraction of sp³-hybridized carbons (Fsp3) is 0.440. The molecule has 4 atom stereocenters. The lowest BCUT2D eigenvalue weighted by atomic mass is 9.57. The van der Waals surface area contributed by atoms with Crippen LogP contribution in [0, 0.1) is 11.8 Å². The third kappa shape index (κ3) is 3.88. The summed E-state index contributed by atoms with van der Waals surface area (Å²) in [4.78, 5) is 54.2. The van der Waals surface area contributed by atoms with Gasteiger partial charge in [-0.15, -0.1) is 0 Å². The van der Waals surface area contributed by atoms with Gasteiger partial charge in [0.1, 0.15) is 22.8 Å². The third-order valence-electron chi connectivity index (χ3n) is 7.33. The van der Waals surface area contributed by atoms with E-state index in [1.807, 2.05) is 0 Å². The van der Waals surface area contributed by atoms with Crippen LogP contribution in [0.1, 0.15) is 17.5 Å². The molecule has 7 N–H and O–H groups in total. The summed E-state index contributed by atoms with van der Waals surface area (Å²) in [7, 11) is 6.47. The lowest BCUT2D eigenvalue weighted by Crippen LogP contribution is -2.65. The van der Waals surface area contributed by atoms with Crippen LogP contribution in [0.5, 0.6) is 5.75 Å². The molecule has 2 amide bonds. The number of rotatable bonds is 5. The maximum Gasteiger partial charge on any atom is 0.255 e. The van der Waals surface area contributed by atoms with Gasteiger partial charge in [0.2, 0.25) is 11.7 Å². The maximum absolute atomic E-state index is 13.8. The van der Waals surface area contributed by atoms with Gasteiger partial charge in [-0.1, -0.05) is 6.07 Å². The number of benzene rings is 1. The molecule has 0 saturated heterocycles. The molecule has 4 rings (SSSR count). The van der Waals surface area contributed by atoms with Crippen molar-refractivity contribution in [3.05, 3.63) is 40.2 Å². The van der Waals surface area contributed by atoms with Crippen LogP contribution in [-0.2, 0) is 25.6 Å². The Kier molecular flexibility index (Phi) is 6.39. The number of Topliss-reactive ketones (excluding diaryl/α,β-unsaturated/α-hetero) is 2. The van der Waals surface area contributed by atoms with E-state index >= 15 is 0 Å². The summed E-state index contributed by atoms with van der Waals surface area (Å²) in [6.07, 6.45) is 0.182. The van der Waals surface area contributed by atoms with E-state index in [0.29, 0.717) is 5.56 Å². The average molecular weight is 515 g/mol. The van der Waals surface area contributed by atoms with Crippen molar-refractivity contribution in [1.29, 1.82) is 0 Å². The Balaban J connectivity index is 1.86. The van der Waals surface area contributed by atoms with Crippen LogP contribution in [0.2, 0.25) is 0 Å². The number of carbonyl (C=O) groups excluding carboxylic acids is 4. The smallest absolute Gasteiger partial charge is 0.255 e. The van der Waals surface area contributed by atoms with Crippen molar-refractivity contribution in [3.8, 4) is 5.75 Å². The molecular formula is C25H30N4O8. The topological polar surface area (TPSA) is 194 Å². The number of nitrogens with one attached hydrogen (secondary N) is 1. The molecule has 3 aliphatic carbocycles. The number of phenols is 1. The number of ketones is 2. The van der Waals surface area contributed by atoms with Gasteiger partial charge < -0.3 is 36.4 Å². The van der Waals surface area contributed by atoms with Gasteiger partial charge in [-0.3, -0.25) is 24.1 Å². The number of likely N-dealkylation sites (N-methyl/N-ethyl adjacent to an activating group) is 2. The molecule has 0 aliphatic heterocycles. The van der Waals surface area contributed by atoms with E-state index < -0.39 is 69.7 Å². The zero-order valence-electron chi connectivity index (χ0n) is 20.9. The molecule has 4 unspecified atom stereocenters. The number of aliphatic hydroxyl groups is 3. The first-order valence-electron chi connectivity index (χ1n) is 11.7. The van der Waals surface area contributed by atoms with Crippen LogP contribution in [0.15, 0.2) is 29.0 Å². The molecule has 0 spiro atoms. The van der Waals surface area contributed by atoms with Crippen LogP contribution in [0.25, 0.3) is 5.76 Å². The van der Waals surface area contributed by atoms with E-state index in [4.69, 9.17) is 5.73 Å². The number of hydrogen-bond acceptors (Lipinski definition) is 10. The predicted molar refractivity (Wildman–Crippen MR) is 131 cm³/mol. The van der Waals surface area contributed by atoms with Crippen molar-refractivity contribution in [1.82, 2.24) is 9.80 Å². The summed E-state index contributed by atoms with van der Waals surface area (Å²) in [6, 6.07) is 1.96. The van der Waals surface area contributed by atoms with Crippen molar-refractivity contribution in [2.24, 2.45) is 17.6 Å². The number of primary amides is 1. The molecule has 1 fully saturated rings. The summed E-state index contributed by atoms with van der Waals surface area (Å²) in [5.74, 6) is -7.61. The van der Waals surface area contributed by atoms with Crippen molar-refractivity contribution in [3.63, 3.8) is 0 Å². The van der Waals surface area contributed by atoms with Crippen LogP contribution >= 0.6 is 0 Å². The maximum atomic E-state index is 13.8. The Hall–Kier alpha value is -3.74. The molecule has 37 heavy (non-hydrogen) atoms. The van der Waals surface area contributed by atoms with E-state index in [0.717, 1.165) is 0 Å². The Labute approximate surface area is 212 Å². The Morgan fingerprint density at radius 1 is 1.14 bits per heavy atom. The lowest BCUT2D eigenvalue weighted by molar-refractivity contribution is -0.153. The lowest BCUT2D eigenvalue weighted by Gasteiger charge is -2.50. The first kappa shape index (κ1) is 26.3. The van der Waals surface area contributed by atoms with Crippen LogP contribution < -0.4 is 11.1 Å². The van der Waals surface area contributed by atoms with E-state index in [1.165, 1.54) is 25.1 Å². The second-order valence-corrected chi connectivity index (χ2v) is 10.2. The highest BCUT2D eigenvalue weighted by molar-refractivity contribution is 6.24. The first-order valence-corrected chi connectivity index (χ1v) is 11.7. The minimum atomic E-state index is -2.70. The fourth-order valence-electron chi connectivity index (χ4n) is 5.80. The molecule has 12 heteroatoms. The van der Waals surface area contributed by atoms with Crippen molar-refractivity contribution in [2.45, 2.75) is 24.5 Å². The van der Waals surface area contributed by atoms with E-state index in [2.05, 4.69) is 5.32 Å². The molecule has 12 nitrogen and oxygen atoms in total. The standard InChI is InChI=1S/C25H30N4O8/c1-28(2)9-14(30)27-13-6-5-10-7-11-8-12-18(29(3)4)21(33)17(24(26)36)23(35)25(12,37)22(34)16(11)20(32)15(10)19(13)31/h5-6,11-12,18,31-32,35,37H,7-9H2,1-4H3,(H2,26,36)(H,27,30). The van der Waals surface area contributed by atoms with E-state index in [9.17, 15) is 39.6 Å². The quantitative estimate of drug-likeness (QED) is 0.220. The zero-order valence-corrected chi connectivity index (χ0v) is 20.9. The molecular weight excluding hydrogens is 484 g/mol. The number of aliphatic hydroxyl groups excluding tert-OH is 2. The molecule has 0 heterocycles. The highest BCUT2D eigenvalue weighted by Crippen LogP contribution is 2.53. The van der Waals surface area contributed by atoms with Gasteiger partial charge in [0.15, 0.2) is 11.4 Å². The molecule has 3 aliphatic rings. The summed E-state index contributed by atoms with van der Waals surface area (Å²) < 4.78 is 0. The van der Waals surface area contributed by atoms with E-state index in [-0.39, 0.29) is 36.2 Å². The predicted octanol–water partition coefficient (Wildman–Crippen LogP) is -0.536. The number of fused-ring (bicyclic) bond motifs is 3. The van der Waals surface area contributed by atoms with Crippen molar-refractivity contribution >= 4 is 34.8 Å². The molecule has 1 saturated carbocycles. The van der Waals surface area contributed by atoms with Crippen LogP contribution in [0.3, 0.4) is 0 Å². The Morgan fingerprint density at radius 2 is 1.78 bits per heavy atom. The number of hydrogen-bond donors (Lipinski definition) is 6. The van der Waals surface area contributed by atoms with Gasteiger partial charge in [-0.25, -0.2) is 0 Å². The highest BCUT2D eigenvalue weighted by Gasteiger charge is 2.64. The largest absolute Gasteiger partial charge is 0.508 e. The average Bonchev–Trinajstić information content (AvgIpc) is 2.77. The summed E-state index contributed by atoms with van der Waals surface area (Å²) >= 11 is 0. The summed E-state index contributed by atoms with van der Waals surface area (Å²) in [5, 5.41) is 47.1. The van der Waals surface area contributed by atoms with Gasteiger partial charge in [0.05, 0.1) is 23.8 Å². The molecule has 0 radical (unpaired) electrons. The first-order chi connectivity index (χ1) is 17.2. The molecule has 198 valence electrons. The Bertz CT molecular complexity index is 1300. The fourth-order valence-corrected chi connectivity index (χ4v) is 5.80. The number of nitrogens with two attached hydrogens (primary N) is 1. The molecule has 1 aromatic carbocycles. The Morgan fingerprint density at radius 3 is 2.35 bits per heavy atom. The molecule has 1 aromatic rings. The molecule has 0 aromatic heterocycles. The number of carbonyl (C=O) groups is 4. The third-order valence-corrected chi connectivity index (χ3v) is 7.33. The molecule has 0 bridgehead atoms. The number of aromatic hydroxyl groups is 1. The SMILES string of the molecule is CN(C)CC(=O)Nc1ccc2c(c1O)C(O)=C1C(=O)C3(O)C(O)=C(C(N)=O)C(=O)C(N(C)C)C3CC1C2. The van der Waals surface area contributed by atoms with Gasteiger partial charge >= 0.3 is 0 Å². The zero-order chi connectivity index (χ0) is 27.6. The van der Waals surface area contributed by atoms with Crippen LogP contribution in [-0.4, -0.2) is 100.0 Å². The number of amides is 2. The van der Waals surface area contributed by atoms with Gasteiger partial charge in [-0.2, -0.15) is 0 Å². The normalized spacial score (nSPS) is 27.3. The minimum Gasteiger partial charge on any atom is -0.508 e. The minimum absolute atomic E-state index is 0.00778. The van der Waals surface area contributed by atoms with Crippen molar-refractivity contribution in [2.75, 3.05) is 40.1 Å². The van der Waals surface area contributed by atoms with Crippen molar-refractivity contribution < 1.29 is 39.6 Å². The van der Waals surface area contributed by atoms with Gasteiger partial charge in [0.25, 0.3) is 5.91 Å². The number of anilines is 1.